The smallest absolute Gasteiger partial charge is 0.128 e. The summed E-state index contributed by atoms with van der Waals surface area (Å²) in [6, 6.07) is 21.4. The van der Waals surface area contributed by atoms with Gasteiger partial charge in [0.1, 0.15) is 5.82 Å². The molecule has 2 heterocycles. The summed E-state index contributed by atoms with van der Waals surface area (Å²) in [4.78, 5) is 9.27. The first-order valence-corrected chi connectivity index (χ1v) is 7.80. The van der Waals surface area contributed by atoms with Crippen LogP contribution >= 0.6 is 0 Å². The number of hydrogen-bond acceptors (Lipinski definition) is 3. The number of aromatic nitrogens is 1. The summed E-state index contributed by atoms with van der Waals surface area (Å²) in [5, 5.41) is 2.62. The first-order chi connectivity index (χ1) is 10.9. The SMILES string of the molecule is c1ccc(N2CCN(c3ccc4ccccc4c3)CC2)nc1. The van der Waals surface area contributed by atoms with Gasteiger partial charge in [-0.2, -0.15) is 0 Å². The van der Waals surface area contributed by atoms with Crippen LogP contribution in [-0.2, 0) is 0 Å². The Morgan fingerprint density at radius 1 is 0.682 bits per heavy atom. The molecule has 1 saturated heterocycles. The molecule has 0 atom stereocenters. The molecule has 1 aliphatic rings. The van der Waals surface area contributed by atoms with Crippen molar-refractivity contribution in [3.05, 3.63) is 66.9 Å². The van der Waals surface area contributed by atoms with Crippen molar-refractivity contribution in [2.24, 2.45) is 0 Å². The normalized spacial score (nSPS) is 15.3. The summed E-state index contributed by atoms with van der Waals surface area (Å²) >= 11 is 0. The molecule has 3 aromatic rings. The largest absolute Gasteiger partial charge is 0.368 e. The van der Waals surface area contributed by atoms with E-state index in [1.807, 2.05) is 12.3 Å². The lowest BCUT2D eigenvalue weighted by molar-refractivity contribution is 0.648. The minimum Gasteiger partial charge on any atom is -0.368 e. The molecule has 0 amide bonds. The van der Waals surface area contributed by atoms with Crippen LogP contribution in [0.15, 0.2) is 66.9 Å². The third kappa shape index (κ3) is 2.50. The molecule has 0 bridgehead atoms. The third-order valence-electron chi connectivity index (χ3n) is 4.35. The van der Waals surface area contributed by atoms with Crippen molar-refractivity contribution < 1.29 is 0 Å². The van der Waals surface area contributed by atoms with Gasteiger partial charge in [-0.25, -0.2) is 4.98 Å². The second-order valence-electron chi connectivity index (χ2n) is 5.69. The van der Waals surface area contributed by atoms with Gasteiger partial charge in [-0.3, -0.25) is 0 Å². The lowest BCUT2D eigenvalue weighted by atomic mass is 10.1. The van der Waals surface area contributed by atoms with Gasteiger partial charge in [0, 0.05) is 38.1 Å². The van der Waals surface area contributed by atoms with E-state index in [9.17, 15) is 0 Å². The topological polar surface area (TPSA) is 19.4 Å². The maximum Gasteiger partial charge on any atom is 0.128 e. The Labute approximate surface area is 130 Å². The molecular weight excluding hydrogens is 270 g/mol. The lowest BCUT2D eigenvalue weighted by Crippen LogP contribution is -2.46. The molecule has 1 fully saturated rings. The standard InChI is InChI=1S/C19H19N3/c1-2-6-17-15-18(9-8-16(17)5-1)21-11-13-22(14-12-21)19-7-3-4-10-20-19/h1-10,15H,11-14H2. The van der Waals surface area contributed by atoms with Crippen LogP contribution in [0.2, 0.25) is 0 Å². The quantitative estimate of drug-likeness (QED) is 0.719. The summed E-state index contributed by atoms with van der Waals surface area (Å²) in [7, 11) is 0. The van der Waals surface area contributed by atoms with Crippen molar-refractivity contribution in [1.29, 1.82) is 0 Å². The number of anilines is 2. The van der Waals surface area contributed by atoms with Crippen LogP contribution in [0.25, 0.3) is 10.8 Å². The van der Waals surface area contributed by atoms with E-state index >= 15 is 0 Å². The Morgan fingerprint density at radius 3 is 2.18 bits per heavy atom. The molecule has 0 spiro atoms. The van der Waals surface area contributed by atoms with Crippen molar-refractivity contribution in [3.8, 4) is 0 Å². The van der Waals surface area contributed by atoms with E-state index < -0.39 is 0 Å². The molecule has 3 nitrogen and oxygen atoms in total. The maximum atomic E-state index is 4.45. The monoisotopic (exact) mass is 289 g/mol. The Balaban J connectivity index is 1.50. The van der Waals surface area contributed by atoms with Crippen molar-refractivity contribution in [3.63, 3.8) is 0 Å². The molecular formula is C19H19N3. The van der Waals surface area contributed by atoms with Crippen LogP contribution in [0.5, 0.6) is 0 Å². The minimum absolute atomic E-state index is 1.02. The highest BCUT2D eigenvalue weighted by Gasteiger charge is 2.18. The van der Waals surface area contributed by atoms with Crippen LogP contribution in [0.3, 0.4) is 0 Å². The van der Waals surface area contributed by atoms with E-state index in [2.05, 4.69) is 69.4 Å². The van der Waals surface area contributed by atoms with Gasteiger partial charge in [-0.05, 0) is 35.0 Å². The zero-order chi connectivity index (χ0) is 14.8. The number of hydrogen-bond donors (Lipinski definition) is 0. The molecule has 0 saturated carbocycles. The lowest BCUT2D eigenvalue weighted by Gasteiger charge is -2.36. The molecule has 2 aromatic carbocycles. The van der Waals surface area contributed by atoms with E-state index in [4.69, 9.17) is 0 Å². The molecule has 0 aliphatic carbocycles. The average molecular weight is 289 g/mol. The van der Waals surface area contributed by atoms with E-state index in [0.29, 0.717) is 0 Å². The molecule has 22 heavy (non-hydrogen) atoms. The van der Waals surface area contributed by atoms with Crippen LogP contribution in [0.4, 0.5) is 11.5 Å². The number of rotatable bonds is 2. The predicted molar refractivity (Wildman–Crippen MR) is 92.6 cm³/mol. The number of benzene rings is 2. The zero-order valence-corrected chi connectivity index (χ0v) is 12.5. The van der Waals surface area contributed by atoms with Crippen molar-refractivity contribution in [1.82, 2.24) is 4.98 Å². The van der Waals surface area contributed by atoms with Gasteiger partial charge in [0.15, 0.2) is 0 Å². The Bertz CT molecular complexity index is 762. The third-order valence-corrected chi connectivity index (χ3v) is 4.35. The first kappa shape index (κ1) is 13.1. The molecule has 110 valence electrons. The summed E-state index contributed by atoms with van der Waals surface area (Å²) in [6.45, 7) is 4.11. The molecule has 1 aliphatic heterocycles. The zero-order valence-electron chi connectivity index (χ0n) is 12.5. The fourth-order valence-electron chi connectivity index (χ4n) is 3.11. The average Bonchev–Trinajstić information content (AvgIpc) is 2.62. The van der Waals surface area contributed by atoms with E-state index in [0.717, 1.165) is 32.0 Å². The van der Waals surface area contributed by atoms with Crippen molar-refractivity contribution in [2.45, 2.75) is 0 Å². The Morgan fingerprint density at radius 2 is 1.41 bits per heavy atom. The fraction of sp³-hybridized carbons (Fsp3) is 0.211. The molecule has 0 unspecified atom stereocenters. The molecule has 1 aromatic heterocycles. The highest BCUT2D eigenvalue weighted by molar-refractivity contribution is 5.85. The summed E-state index contributed by atoms with van der Waals surface area (Å²) in [6.07, 6.45) is 1.87. The van der Waals surface area contributed by atoms with Crippen LogP contribution in [-0.4, -0.2) is 31.2 Å². The van der Waals surface area contributed by atoms with Gasteiger partial charge >= 0.3 is 0 Å². The molecule has 0 N–H and O–H groups in total. The predicted octanol–water partition coefficient (Wildman–Crippen LogP) is 3.56. The molecule has 4 rings (SSSR count). The van der Waals surface area contributed by atoms with Crippen LogP contribution < -0.4 is 9.80 Å². The van der Waals surface area contributed by atoms with Gasteiger partial charge < -0.3 is 9.80 Å². The number of piperazine rings is 1. The maximum absolute atomic E-state index is 4.45. The second-order valence-corrected chi connectivity index (χ2v) is 5.69. The molecule has 3 heteroatoms. The van der Waals surface area contributed by atoms with Gasteiger partial charge in [0.05, 0.1) is 0 Å². The number of nitrogens with zero attached hydrogens (tertiary/aromatic N) is 3. The van der Waals surface area contributed by atoms with Gasteiger partial charge in [-0.15, -0.1) is 0 Å². The van der Waals surface area contributed by atoms with Crippen molar-refractivity contribution in [2.75, 3.05) is 36.0 Å². The van der Waals surface area contributed by atoms with Gasteiger partial charge in [0.25, 0.3) is 0 Å². The van der Waals surface area contributed by atoms with Crippen LogP contribution in [0, 0.1) is 0 Å². The summed E-state index contributed by atoms with van der Waals surface area (Å²) < 4.78 is 0. The van der Waals surface area contributed by atoms with Crippen molar-refractivity contribution >= 4 is 22.3 Å². The number of pyridine rings is 1. The fourth-order valence-corrected chi connectivity index (χ4v) is 3.11. The summed E-state index contributed by atoms with van der Waals surface area (Å²) in [5.74, 6) is 1.08. The first-order valence-electron chi connectivity index (χ1n) is 7.80. The second kappa shape index (κ2) is 5.68. The Hall–Kier alpha value is -2.55. The highest BCUT2D eigenvalue weighted by atomic mass is 15.3. The van der Waals surface area contributed by atoms with E-state index in [-0.39, 0.29) is 0 Å². The van der Waals surface area contributed by atoms with Gasteiger partial charge in [0.2, 0.25) is 0 Å². The minimum atomic E-state index is 1.02. The highest BCUT2D eigenvalue weighted by Crippen LogP contribution is 2.24. The van der Waals surface area contributed by atoms with E-state index in [1.165, 1.54) is 16.5 Å². The Kier molecular flexibility index (Phi) is 3.39. The number of fused-ring (bicyclic) bond motifs is 1. The van der Waals surface area contributed by atoms with E-state index in [1.54, 1.807) is 0 Å². The molecule has 0 radical (unpaired) electrons. The van der Waals surface area contributed by atoms with Gasteiger partial charge in [-0.1, -0.05) is 36.4 Å². The summed E-state index contributed by atoms with van der Waals surface area (Å²) in [5.41, 5.74) is 1.32. The van der Waals surface area contributed by atoms with Crippen LogP contribution in [0.1, 0.15) is 0 Å².